The van der Waals surface area contributed by atoms with Crippen LogP contribution in [0, 0.1) is 19.3 Å². The Hall–Kier alpha value is -3.78. The van der Waals surface area contributed by atoms with Crippen molar-refractivity contribution < 1.29 is 9.53 Å². The average molecular weight is 357 g/mol. The number of benzene rings is 3. The molecule has 134 valence electrons. The lowest BCUT2D eigenvalue weighted by molar-refractivity contribution is 0.252. The number of hydrogen-bond donors (Lipinski definition) is 2. The second kappa shape index (κ2) is 8.54. The number of nitrogens with zero attached hydrogens (tertiary/aromatic N) is 1. The summed E-state index contributed by atoms with van der Waals surface area (Å²) in [7, 11) is 0. The van der Waals surface area contributed by atoms with Gasteiger partial charge in [0.2, 0.25) is 0 Å². The molecule has 0 fully saturated rings. The predicted molar refractivity (Wildman–Crippen MR) is 109 cm³/mol. The van der Waals surface area contributed by atoms with Crippen LogP contribution in [0.15, 0.2) is 65.8 Å². The van der Waals surface area contributed by atoms with E-state index in [1.54, 1.807) is 6.21 Å². The van der Waals surface area contributed by atoms with Crippen LogP contribution in [0.25, 0.3) is 10.8 Å². The fourth-order valence-corrected chi connectivity index (χ4v) is 2.67. The van der Waals surface area contributed by atoms with E-state index in [-0.39, 0.29) is 6.61 Å². The lowest BCUT2D eigenvalue weighted by atomic mass is 10.0. The zero-order valence-corrected chi connectivity index (χ0v) is 14.9. The van der Waals surface area contributed by atoms with Crippen molar-refractivity contribution >= 4 is 28.7 Å². The molecular formula is C22H19N3O2. The van der Waals surface area contributed by atoms with Crippen molar-refractivity contribution in [1.29, 1.82) is 0 Å². The van der Waals surface area contributed by atoms with Crippen LogP contribution in [0.4, 0.5) is 10.5 Å². The molecule has 0 saturated carbocycles. The summed E-state index contributed by atoms with van der Waals surface area (Å²) in [4.78, 5) is 12.1. The van der Waals surface area contributed by atoms with Crippen molar-refractivity contribution in [1.82, 2.24) is 5.43 Å². The number of fused-ring (bicyclic) bond motifs is 1. The lowest BCUT2D eigenvalue weighted by Crippen LogP contribution is -2.24. The zero-order chi connectivity index (χ0) is 19.1. The van der Waals surface area contributed by atoms with Crippen LogP contribution in [0.3, 0.4) is 0 Å². The molecule has 5 heteroatoms. The van der Waals surface area contributed by atoms with E-state index in [9.17, 15) is 4.79 Å². The highest BCUT2D eigenvalue weighted by molar-refractivity contribution is 6.03. The Morgan fingerprint density at radius 2 is 1.93 bits per heavy atom. The van der Waals surface area contributed by atoms with Crippen LogP contribution in [-0.2, 0) is 0 Å². The molecule has 0 atom stereocenters. The highest BCUT2D eigenvalue weighted by atomic mass is 16.5. The summed E-state index contributed by atoms with van der Waals surface area (Å²) in [6, 6.07) is 18.7. The first kappa shape index (κ1) is 18.0. The molecule has 0 heterocycles. The zero-order valence-electron chi connectivity index (χ0n) is 14.9. The van der Waals surface area contributed by atoms with Gasteiger partial charge >= 0.3 is 6.03 Å². The van der Waals surface area contributed by atoms with Gasteiger partial charge < -0.3 is 10.1 Å². The molecule has 27 heavy (non-hydrogen) atoms. The molecule has 0 aliphatic rings. The molecule has 2 N–H and O–H groups in total. The molecule has 0 aliphatic carbocycles. The third kappa shape index (κ3) is 4.44. The number of terminal acetylenes is 1. The van der Waals surface area contributed by atoms with E-state index in [0.717, 1.165) is 27.6 Å². The normalized spacial score (nSPS) is 10.5. The van der Waals surface area contributed by atoms with Gasteiger partial charge in [0, 0.05) is 11.3 Å². The van der Waals surface area contributed by atoms with Crippen LogP contribution >= 0.6 is 0 Å². The molecule has 0 aromatic heterocycles. The van der Waals surface area contributed by atoms with E-state index in [4.69, 9.17) is 11.2 Å². The highest BCUT2D eigenvalue weighted by Gasteiger charge is 2.07. The Balaban J connectivity index is 1.79. The number of hydrazone groups is 1. The van der Waals surface area contributed by atoms with Gasteiger partial charge in [-0.3, -0.25) is 0 Å². The van der Waals surface area contributed by atoms with Gasteiger partial charge in [-0.05, 0) is 35.4 Å². The van der Waals surface area contributed by atoms with Crippen molar-refractivity contribution in [2.45, 2.75) is 6.92 Å². The number of nitrogens with one attached hydrogen (secondary N) is 2. The smallest absolute Gasteiger partial charge is 0.339 e. The van der Waals surface area contributed by atoms with E-state index in [0.29, 0.717) is 5.75 Å². The molecule has 5 nitrogen and oxygen atoms in total. The second-order valence-corrected chi connectivity index (χ2v) is 5.83. The average Bonchev–Trinajstić information content (AvgIpc) is 2.69. The van der Waals surface area contributed by atoms with Crippen molar-refractivity contribution in [2.24, 2.45) is 5.10 Å². The summed E-state index contributed by atoms with van der Waals surface area (Å²) in [5.41, 5.74) is 4.93. The summed E-state index contributed by atoms with van der Waals surface area (Å²) in [6.07, 6.45) is 6.85. The number of carbonyl (C=O) groups excluding carboxylic acids is 1. The first-order valence-electron chi connectivity index (χ1n) is 8.43. The third-order valence-corrected chi connectivity index (χ3v) is 3.99. The van der Waals surface area contributed by atoms with E-state index in [1.807, 2.05) is 67.6 Å². The van der Waals surface area contributed by atoms with Gasteiger partial charge in [0.15, 0.2) is 0 Å². The van der Waals surface area contributed by atoms with Gasteiger partial charge in [0.1, 0.15) is 12.4 Å². The van der Waals surface area contributed by atoms with Gasteiger partial charge in [-0.2, -0.15) is 5.10 Å². The predicted octanol–water partition coefficient (Wildman–Crippen LogP) is 4.32. The molecule has 0 radical (unpaired) electrons. The molecule has 0 saturated heterocycles. The number of carbonyl (C=O) groups is 1. The quantitative estimate of drug-likeness (QED) is 0.406. The maximum absolute atomic E-state index is 12.1. The van der Waals surface area contributed by atoms with E-state index >= 15 is 0 Å². The van der Waals surface area contributed by atoms with Crippen molar-refractivity contribution in [3.8, 4) is 18.1 Å². The molecule has 3 aromatic carbocycles. The van der Waals surface area contributed by atoms with Gasteiger partial charge in [0.25, 0.3) is 0 Å². The number of amides is 2. The van der Waals surface area contributed by atoms with Crippen LogP contribution in [0.2, 0.25) is 0 Å². The van der Waals surface area contributed by atoms with Gasteiger partial charge in [-0.25, -0.2) is 10.2 Å². The molecule has 3 rings (SSSR count). The number of ether oxygens (including phenoxy) is 1. The third-order valence-electron chi connectivity index (χ3n) is 3.99. The minimum Gasteiger partial charge on any atom is -0.480 e. The molecule has 0 unspecified atom stereocenters. The highest BCUT2D eigenvalue weighted by Crippen LogP contribution is 2.26. The first-order chi connectivity index (χ1) is 13.2. The van der Waals surface area contributed by atoms with Crippen molar-refractivity contribution in [3.05, 3.63) is 71.8 Å². The number of anilines is 1. The van der Waals surface area contributed by atoms with Gasteiger partial charge in [0.05, 0.1) is 6.21 Å². The van der Waals surface area contributed by atoms with E-state index in [2.05, 4.69) is 21.8 Å². The standard InChI is InChI=1S/C22H19N3O2/c1-3-14-27-21-13-12-17-9-5-6-10-18(17)19(21)15-23-25-22(26)24-20-11-7-4-8-16(20)2/h1,4-13,15H,14H2,2H3,(H2,24,25,26). The Bertz CT molecular complexity index is 1040. The summed E-state index contributed by atoms with van der Waals surface area (Å²) in [5.74, 6) is 3.06. The molecule has 0 bridgehead atoms. The Morgan fingerprint density at radius 1 is 1.15 bits per heavy atom. The fourth-order valence-electron chi connectivity index (χ4n) is 2.67. The lowest BCUT2D eigenvalue weighted by Gasteiger charge is -2.10. The number of urea groups is 1. The summed E-state index contributed by atoms with van der Waals surface area (Å²) in [5, 5.41) is 8.82. The molecule has 3 aromatic rings. The summed E-state index contributed by atoms with van der Waals surface area (Å²) >= 11 is 0. The fraction of sp³-hybridized carbons (Fsp3) is 0.0909. The Morgan fingerprint density at radius 3 is 2.74 bits per heavy atom. The van der Waals surface area contributed by atoms with Gasteiger partial charge in [-0.1, -0.05) is 54.5 Å². The second-order valence-electron chi connectivity index (χ2n) is 5.83. The Kier molecular flexibility index (Phi) is 5.70. The minimum atomic E-state index is -0.424. The number of hydrogen-bond acceptors (Lipinski definition) is 3. The minimum absolute atomic E-state index is 0.153. The van der Waals surface area contributed by atoms with E-state index < -0.39 is 6.03 Å². The van der Waals surface area contributed by atoms with Gasteiger partial charge in [-0.15, -0.1) is 6.42 Å². The van der Waals surface area contributed by atoms with E-state index in [1.165, 1.54) is 0 Å². The van der Waals surface area contributed by atoms with Crippen molar-refractivity contribution in [2.75, 3.05) is 11.9 Å². The maximum Gasteiger partial charge on any atom is 0.339 e. The molecular weight excluding hydrogens is 338 g/mol. The largest absolute Gasteiger partial charge is 0.480 e. The molecule has 2 amide bonds. The maximum atomic E-state index is 12.1. The van der Waals surface area contributed by atoms with Crippen LogP contribution in [0.1, 0.15) is 11.1 Å². The monoisotopic (exact) mass is 357 g/mol. The Labute approximate surface area is 158 Å². The number of aryl methyl sites for hydroxylation is 1. The number of rotatable bonds is 5. The van der Waals surface area contributed by atoms with Crippen LogP contribution in [-0.4, -0.2) is 18.9 Å². The molecule has 0 spiro atoms. The van der Waals surface area contributed by atoms with Crippen LogP contribution in [0.5, 0.6) is 5.75 Å². The first-order valence-corrected chi connectivity index (χ1v) is 8.43. The van der Waals surface area contributed by atoms with Crippen LogP contribution < -0.4 is 15.5 Å². The summed E-state index contributed by atoms with van der Waals surface area (Å²) < 4.78 is 5.61. The summed E-state index contributed by atoms with van der Waals surface area (Å²) in [6.45, 7) is 2.07. The SMILES string of the molecule is C#CCOc1ccc2ccccc2c1C=NNC(=O)Nc1ccccc1C. The topological polar surface area (TPSA) is 62.7 Å². The molecule has 0 aliphatic heterocycles. The number of para-hydroxylation sites is 1. The van der Waals surface area contributed by atoms with Crippen molar-refractivity contribution in [3.63, 3.8) is 0 Å².